The highest BCUT2D eigenvalue weighted by Crippen LogP contribution is 2.29. The molecule has 6 heteroatoms. The fourth-order valence-corrected chi connectivity index (χ4v) is 1.17. The Morgan fingerprint density at radius 3 is 2.67 bits per heavy atom. The average molecular weight is 252 g/mol. The molecule has 0 radical (unpaired) electrons. The van der Waals surface area contributed by atoms with Crippen molar-refractivity contribution >= 4 is 34.2 Å². The number of thiol groups is 1. The molecule has 1 aromatic carbocycles. The lowest BCUT2D eigenvalue weighted by Crippen LogP contribution is -1.93. The fourth-order valence-electron chi connectivity index (χ4n) is 0.671. The van der Waals surface area contributed by atoms with E-state index in [0.29, 0.717) is 4.47 Å². The number of benzene rings is 1. The van der Waals surface area contributed by atoms with Gasteiger partial charge in [0.15, 0.2) is 0 Å². The van der Waals surface area contributed by atoms with Gasteiger partial charge in [-0.3, -0.25) is 10.1 Å². The molecule has 12 heavy (non-hydrogen) atoms. The van der Waals surface area contributed by atoms with Crippen molar-refractivity contribution in [2.24, 2.45) is 0 Å². The monoisotopic (exact) mass is 251 g/mol. The van der Waals surface area contributed by atoms with Gasteiger partial charge >= 0.3 is 5.69 Å². The minimum absolute atomic E-state index is 0.0517. The zero-order valence-electron chi connectivity index (χ0n) is 5.62. The number of nitro groups is 1. The van der Waals surface area contributed by atoms with Gasteiger partial charge in [-0.05, 0) is 22.0 Å². The highest BCUT2D eigenvalue weighted by molar-refractivity contribution is 9.10. The van der Waals surface area contributed by atoms with Crippen molar-refractivity contribution in [2.45, 2.75) is 4.90 Å². The number of rotatable bonds is 1. The number of nitrogens with zero attached hydrogens (tertiary/aromatic N) is 1. The summed E-state index contributed by atoms with van der Waals surface area (Å²) < 4.78 is 13.4. The highest BCUT2D eigenvalue weighted by Gasteiger charge is 2.17. The van der Waals surface area contributed by atoms with Gasteiger partial charge in [-0.1, -0.05) is 0 Å². The SMILES string of the molecule is O=[N+]([O-])c1ccc(Br)c(S)c1F. The molecule has 0 saturated carbocycles. The van der Waals surface area contributed by atoms with Crippen LogP contribution in [0.25, 0.3) is 0 Å². The average Bonchev–Trinajstić information content (AvgIpc) is 2.00. The smallest absolute Gasteiger partial charge is 0.258 e. The molecular weight excluding hydrogens is 249 g/mol. The molecule has 0 bridgehead atoms. The second-order valence-corrected chi connectivity index (χ2v) is 3.29. The van der Waals surface area contributed by atoms with Crippen molar-refractivity contribution in [1.29, 1.82) is 0 Å². The largest absolute Gasteiger partial charge is 0.306 e. The van der Waals surface area contributed by atoms with E-state index in [1.165, 1.54) is 6.07 Å². The second-order valence-electron chi connectivity index (χ2n) is 1.99. The lowest BCUT2D eigenvalue weighted by atomic mass is 10.3. The fraction of sp³-hybridized carbons (Fsp3) is 0. The van der Waals surface area contributed by atoms with Crippen LogP contribution in [0.2, 0.25) is 0 Å². The molecule has 0 unspecified atom stereocenters. The summed E-state index contributed by atoms with van der Waals surface area (Å²) in [7, 11) is 0. The third-order valence-electron chi connectivity index (χ3n) is 1.24. The molecule has 64 valence electrons. The van der Waals surface area contributed by atoms with E-state index in [1.807, 2.05) is 0 Å². The second kappa shape index (κ2) is 3.40. The number of hydrogen-bond donors (Lipinski definition) is 1. The van der Waals surface area contributed by atoms with Gasteiger partial charge in [0.05, 0.1) is 9.82 Å². The van der Waals surface area contributed by atoms with Gasteiger partial charge < -0.3 is 0 Å². The first-order valence-corrected chi connectivity index (χ1v) is 4.09. The van der Waals surface area contributed by atoms with Crippen molar-refractivity contribution in [3.63, 3.8) is 0 Å². The van der Waals surface area contributed by atoms with Gasteiger partial charge in [-0.25, -0.2) is 0 Å². The summed E-state index contributed by atoms with van der Waals surface area (Å²) in [6.07, 6.45) is 0. The van der Waals surface area contributed by atoms with Gasteiger partial charge in [-0.2, -0.15) is 4.39 Å². The maximum Gasteiger partial charge on any atom is 0.306 e. The summed E-state index contributed by atoms with van der Waals surface area (Å²) >= 11 is 6.74. The first kappa shape index (κ1) is 9.47. The summed E-state index contributed by atoms with van der Waals surface area (Å²) in [5.41, 5.74) is -0.566. The van der Waals surface area contributed by atoms with Gasteiger partial charge in [0, 0.05) is 10.5 Å². The van der Waals surface area contributed by atoms with Crippen LogP contribution in [0.1, 0.15) is 0 Å². The molecule has 1 rings (SSSR count). The van der Waals surface area contributed by atoms with Crippen molar-refractivity contribution in [3.05, 3.63) is 32.5 Å². The van der Waals surface area contributed by atoms with Crippen molar-refractivity contribution in [2.75, 3.05) is 0 Å². The number of hydrogen-bond acceptors (Lipinski definition) is 3. The Morgan fingerprint density at radius 2 is 2.17 bits per heavy atom. The summed E-state index contributed by atoms with van der Waals surface area (Å²) in [6.45, 7) is 0. The van der Waals surface area contributed by atoms with Crippen LogP contribution in [0.5, 0.6) is 0 Å². The van der Waals surface area contributed by atoms with Gasteiger partial charge in [-0.15, -0.1) is 12.6 Å². The zero-order chi connectivity index (χ0) is 9.30. The minimum atomic E-state index is -0.919. The maximum atomic E-state index is 13.0. The van der Waals surface area contributed by atoms with Gasteiger partial charge in [0.25, 0.3) is 0 Å². The van der Waals surface area contributed by atoms with E-state index in [9.17, 15) is 14.5 Å². The molecular formula is C6H3BrFNO2S. The molecule has 0 atom stereocenters. The molecule has 0 aromatic heterocycles. The molecule has 0 saturated heterocycles. The van der Waals surface area contributed by atoms with Crippen LogP contribution >= 0.6 is 28.6 Å². The molecule has 0 N–H and O–H groups in total. The van der Waals surface area contributed by atoms with E-state index in [-0.39, 0.29) is 4.90 Å². The van der Waals surface area contributed by atoms with Crippen LogP contribution in [-0.4, -0.2) is 4.92 Å². The zero-order valence-corrected chi connectivity index (χ0v) is 8.10. The molecule has 0 aliphatic carbocycles. The Labute approximate surface area is 81.3 Å². The molecule has 3 nitrogen and oxygen atoms in total. The summed E-state index contributed by atoms with van der Waals surface area (Å²) in [5.74, 6) is -0.919. The lowest BCUT2D eigenvalue weighted by Gasteiger charge is -1.98. The van der Waals surface area contributed by atoms with Crippen LogP contribution in [0, 0.1) is 15.9 Å². The molecule has 0 aliphatic rings. The van der Waals surface area contributed by atoms with E-state index in [0.717, 1.165) is 6.07 Å². The number of halogens is 2. The third-order valence-corrected chi connectivity index (χ3v) is 2.65. The van der Waals surface area contributed by atoms with E-state index in [4.69, 9.17) is 0 Å². The molecule has 0 fully saturated rings. The molecule has 0 aliphatic heterocycles. The van der Waals surface area contributed by atoms with Crippen LogP contribution in [-0.2, 0) is 0 Å². The quantitative estimate of drug-likeness (QED) is 0.474. The van der Waals surface area contributed by atoms with Crippen LogP contribution in [0.15, 0.2) is 21.5 Å². The summed E-state index contributed by atoms with van der Waals surface area (Å²) in [4.78, 5) is 9.36. The lowest BCUT2D eigenvalue weighted by molar-refractivity contribution is -0.387. The predicted molar refractivity (Wildman–Crippen MR) is 48.0 cm³/mol. The Kier molecular flexibility index (Phi) is 2.69. The topological polar surface area (TPSA) is 43.1 Å². The van der Waals surface area contributed by atoms with Crippen molar-refractivity contribution in [3.8, 4) is 0 Å². The highest BCUT2D eigenvalue weighted by atomic mass is 79.9. The van der Waals surface area contributed by atoms with Crippen LogP contribution < -0.4 is 0 Å². The minimum Gasteiger partial charge on any atom is -0.258 e. The van der Waals surface area contributed by atoms with Gasteiger partial charge in [0.1, 0.15) is 0 Å². The van der Waals surface area contributed by atoms with E-state index < -0.39 is 16.4 Å². The molecule has 0 amide bonds. The standard InChI is InChI=1S/C6H3BrFNO2S/c7-3-1-2-4(9(10)11)5(8)6(3)12/h1-2,12H. The Balaban J connectivity index is 3.36. The third kappa shape index (κ3) is 1.59. The van der Waals surface area contributed by atoms with E-state index in [2.05, 4.69) is 28.6 Å². The van der Waals surface area contributed by atoms with Crippen LogP contribution in [0.3, 0.4) is 0 Å². The van der Waals surface area contributed by atoms with E-state index in [1.54, 1.807) is 0 Å². The van der Waals surface area contributed by atoms with Crippen molar-refractivity contribution in [1.82, 2.24) is 0 Å². The molecule has 0 heterocycles. The molecule has 0 spiro atoms. The van der Waals surface area contributed by atoms with Gasteiger partial charge in [0.2, 0.25) is 5.82 Å². The normalized spacial score (nSPS) is 9.92. The van der Waals surface area contributed by atoms with Crippen molar-refractivity contribution < 1.29 is 9.31 Å². The van der Waals surface area contributed by atoms with Crippen LogP contribution in [0.4, 0.5) is 10.1 Å². The van der Waals surface area contributed by atoms with E-state index >= 15 is 0 Å². The maximum absolute atomic E-state index is 13.0. The number of nitro benzene ring substituents is 1. The molecule has 1 aromatic rings. The first-order valence-electron chi connectivity index (χ1n) is 2.85. The summed E-state index contributed by atoms with van der Waals surface area (Å²) in [5, 5.41) is 10.2. The first-order chi connectivity index (χ1) is 5.54. The Hall–Kier alpha value is -0.620. The Morgan fingerprint density at radius 1 is 1.58 bits per heavy atom. The predicted octanol–water partition coefficient (Wildman–Crippen LogP) is 2.79. The Bertz CT molecular complexity index is 345. The summed E-state index contributed by atoms with van der Waals surface area (Å²) in [6, 6.07) is 2.46.